The second kappa shape index (κ2) is 7.66. The Morgan fingerprint density at radius 2 is 2.10 bits per heavy atom. The average Bonchev–Trinajstić information content (AvgIpc) is 2.82. The Balaban J connectivity index is 1.96. The van der Waals surface area contributed by atoms with Gasteiger partial charge in [0.2, 0.25) is 10.0 Å². The van der Waals surface area contributed by atoms with E-state index in [0.29, 0.717) is 24.5 Å². The van der Waals surface area contributed by atoms with Gasteiger partial charge < -0.3 is 10.1 Å². The van der Waals surface area contributed by atoms with Crippen molar-refractivity contribution in [1.82, 2.24) is 14.9 Å². The molecule has 0 aliphatic carbocycles. The quantitative estimate of drug-likeness (QED) is 0.755. The van der Waals surface area contributed by atoms with Crippen LogP contribution in [0.5, 0.6) is 0 Å². The Labute approximate surface area is 130 Å². The third-order valence-electron chi connectivity index (χ3n) is 3.42. The van der Waals surface area contributed by atoms with E-state index in [9.17, 15) is 8.42 Å². The van der Waals surface area contributed by atoms with Crippen molar-refractivity contribution in [3.63, 3.8) is 0 Å². The molecule has 0 saturated carbocycles. The van der Waals surface area contributed by atoms with Gasteiger partial charge in [0.25, 0.3) is 0 Å². The Hall–Kier alpha value is -0.510. The van der Waals surface area contributed by atoms with Crippen molar-refractivity contribution in [2.45, 2.75) is 18.4 Å². The van der Waals surface area contributed by atoms with Crippen LogP contribution >= 0.6 is 11.3 Å². The van der Waals surface area contributed by atoms with Crippen molar-refractivity contribution >= 4 is 21.4 Å². The summed E-state index contributed by atoms with van der Waals surface area (Å²) in [6.45, 7) is 6.73. The maximum Gasteiger partial charge on any atom is 0.242 e. The summed E-state index contributed by atoms with van der Waals surface area (Å²) >= 11 is 1.48. The molecule has 0 aromatic carbocycles. The standard InChI is InChI=1S/C13H23N3O3S2/c1-11-10-20-12(9-14-2)13(11)21(17,18)15-3-4-16-5-7-19-8-6-16/h10,14-15H,3-9H2,1-2H3. The Kier molecular flexibility index (Phi) is 6.15. The van der Waals surface area contributed by atoms with Crippen LogP contribution in [0.15, 0.2) is 10.3 Å². The van der Waals surface area contributed by atoms with Crippen LogP contribution in [0.25, 0.3) is 0 Å². The first-order valence-corrected chi connectivity index (χ1v) is 9.42. The molecule has 6 nitrogen and oxygen atoms in total. The van der Waals surface area contributed by atoms with Crippen molar-refractivity contribution in [3.8, 4) is 0 Å². The number of sulfonamides is 1. The van der Waals surface area contributed by atoms with Crippen LogP contribution < -0.4 is 10.0 Å². The van der Waals surface area contributed by atoms with E-state index in [-0.39, 0.29) is 0 Å². The molecule has 2 N–H and O–H groups in total. The lowest BCUT2D eigenvalue weighted by Gasteiger charge is -2.26. The predicted octanol–water partition coefficient (Wildman–Crippen LogP) is 0.386. The number of nitrogens with zero attached hydrogens (tertiary/aromatic N) is 1. The highest BCUT2D eigenvalue weighted by molar-refractivity contribution is 7.89. The predicted molar refractivity (Wildman–Crippen MR) is 84.3 cm³/mol. The van der Waals surface area contributed by atoms with Gasteiger partial charge in [-0.05, 0) is 24.9 Å². The molecule has 21 heavy (non-hydrogen) atoms. The summed E-state index contributed by atoms with van der Waals surface area (Å²) in [7, 11) is -1.62. The van der Waals surface area contributed by atoms with Crippen LogP contribution in [0.3, 0.4) is 0 Å². The number of rotatable bonds is 7. The van der Waals surface area contributed by atoms with Gasteiger partial charge in [0.15, 0.2) is 0 Å². The van der Waals surface area contributed by atoms with Gasteiger partial charge in [-0.2, -0.15) is 0 Å². The minimum atomic E-state index is -3.44. The SMILES string of the molecule is CNCc1scc(C)c1S(=O)(=O)NCCN1CCOCC1. The van der Waals surface area contributed by atoms with Crippen LogP contribution in [0.2, 0.25) is 0 Å². The third-order valence-corrected chi connectivity index (χ3v) is 6.34. The minimum Gasteiger partial charge on any atom is -0.379 e. The van der Waals surface area contributed by atoms with Gasteiger partial charge in [-0.15, -0.1) is 11.3 Å². The zero-order valence-corrected chi connectivity index (χ0v) is 14.1. The second-order valence-electron chi connectivity index (χ2n) is 5.05. The molecule has 0 atom stereocenters. The molecule has 0 spiro atoms. The average molecular weight is 333 g/mol. The van der Waals surface area contributed by atoms with Crippen molar-refractivity contribution in [2.75, 3.05) is 46.4 Å². The molecule has 8 heteroatoms. The van der Waals surface area contributed by atoms with E-state index in [1.54, 1.807) is 0 Å². The van der Waals surface area contributed by atoms with Gasteiger partial charge in [0, 0.05) is 37.6 Å². The lowest BCUT2D eigenvalue weighted by Crippen LogP contribution is -2.41. The maximum atomic E-state index is 12.5. The van der Waals surface area contributed by atoms with Gasteiger partial charge in [-0.3, -0.25) is 4.90 Å². The van der Waals surface area contributed by atoms with Crippen molar-refractivity contribution in [1.29, 1.82) is 0 Å². The van der Waals surface area contributed by atoms with Crippen molar-refractivity contribution < 1.29 is 13.2 Å². The number of morpholine rings is 1. The fourth-order valence-electron chi connectivity index (χ4n) is 2.37. The molecule has 1 aromatic rings. The highest BCUT2D eigenvalue weighted by atomic mass is 32.2. The first kappa shape index (κ1) is 16.9. The highest BCUT2D eigenvalue weighted by Crippen LogP contribution is 2.26. The van der Waals surface area contributed by atoms with Crippen LogP contribution in [0.1, 0.15) is 10.4 Å². The Morgan fingerprint density at radius 3 is 2.76 bits per heavy atom. The van der Waals surface area contributed by atoms with Crippen LogP contribution in [0.4, 0.5) is 0 Å². The number of aryl methyl sites for hydroxylation is 1. The number of ether oxygens (including phenoxy) is 1. The molecule has 1 aliphatic heterocycles. The zero-order chi connectivity index (χ0) is 15.3. The van der Waals surface area contributed by atoms with E-state index < -0.39 is 10.0 Å². The van der Waals surface area contributed by atoms with Crippen molar-refractivity contribution in [2.24, 2.45) is 0 Å². The summed E-state index contributed by atoms with van der Waals surface area (Å²) in [5, 5.41) is 4.91. The molecule has 1 saturated heterocycles. The monoisotopic (exact) mass is 333 g/mol. The molecular weight excluding hydrogens is 310 g/mol. The first-order chi connectivity index (χ1) is 10.0. The molecule has 1 aliphatic rings. The molecule has 1 aromatic heterocycles. The van der Waals surface area contributed by atoms with Gasteiger partial charge >= 0.3 is 0 Å². The Morgan fingerprint density at radius 1 is 1.38 bits per heavy atom. The molecule has 0 radical (unpaired) electrons. The molecule has 0 amide bonds. The number of thiophene rings is 1. The third kappa shape index (κ3) is 4.48. The summed E-state index contributed by atoms with van der Waals surface area (Å²) in [4.78, 5) is 3.50. The van der Waals surface area contributed by atoms with E-state index in [2.05, 4.69) is 14.9 Å². The van der Waals surface area contributed by atoms with Crippen LogP contribution in [-0.2, 0) is 21.3 Å². The topological polar surface area (TPSA) is 70.7 Å². The highest BCUT2D eigenvalue weighted by Gasteiger charge is 2.22. The summed E-state index contributed by atoms with van der Waals surface area (Å²) in [5.41, 5.74) is 0.809. The van der Waals surface area contributed by atoms with Gasteiger partial charge in [-0.25, -0.2) is 13.1 Å². The normalized spacial score (nSPS) is 17.2. The van der Waals surface area contributed by atoms with E-state index in [0.717, 1.165) is 36.7 Å². The molecule has 120 valence electrons. The molecule has 0 bridgehead atoms. The lowest BCUT2D eigenvalue weighted by atomic mass is 10.3. The van der Waals surface area contributed by atoms with E-state index in [1.807, 2.05) is 19.4 Å². The smallest absolute Gasteiger partial charge is 0.242 e. The van der Waals surface area contributed by atoms with Crippen LogP contribution in [-0.4, -0.2) is 59.8 Å². The molecule has 1 fully saturated rings. The number of hydrogen-bond acceptors (Lipinski definition) is 6. The minimum absolute atomic E-state index is 0.427. The summed E-state index contributed by atoms with van der Waals surface area (Å²) in [6, 6.07) is 0. The van der Waals surface area contributed by atoms with Crippen molar-refractivity contribution in [3.05, 3.63) is 15.8 Å². The van der Waals surface area contributed by atoms with Gasteiger partial charge in [-0.1, -0.05) is 0 Å². The van der Waals surface area contributed by atoms with E-state index >= 15 is 0 Å². The number of hydrogen-bond donors (Lipinski definition) is 2. The van der Waals surface area contributed by atoms with E-state index in [1.165, 1.54) is 11.3 Å². The Bertz CT molecular complexity index is 551. The number of nitrogens with one attached hydrogen (secondary N) is 2. The maximum absolute atomic E-state index is 12.5. The summed E-state index contributed by atoms with van der Waals surface area (Å²) in [5.74, 6) is 0. The molecule has 0 unspecified atom stereocenters. The summed E-state index contributed by atoms with van der Waals surface area (Å²) < 4.78 is 32.9. The first-order valence-electron chi connectivity index (χ1n) is 7.06. The fraction of sp³-hybridized carbons (Fsp3) is 0.692. The molecule has 2 rings (SSSR count). The second-order valence-corrected chi connectivity index (χ2v) is 7.72. The largest absolute Gasteiger partial charge is 0.379 e. The van der Waals surface area contributed by atoms with Crippen LogP contribution in [0, 0.1) is 6.92 Å². The van der Waals surface area contributed by atoms with E-state index in [4.69, 9.17) is 4.74 Å². The van der Waals surface area contributed by atoms with Gasteiger partial charge in [0.05, 0.1) is 13.2 Å². The molecular formula is C13H23N3O3S2. The lowest BCUT2D eigenvalue weighted by molar-refractivity contribution is 0.0390. The fourth-order valence-corrected chi connectivity index (χ4v) is 5.21. The summed E-state index contributed by atoms with van der Waals surface area (Å²) in [6.07, 6.45) is 0. The van der Waals surface area contributed by atoms with Gasteiger partial charge in [0.1, 0.15) is 4.90 Å². The molecule has 2 heterocycles. The zero-order valence-electron chi connectivity index (χ0n) is 12.5.